The van der Waals surface area contributed by atoms with Gasteiger partial charge in [-0.05, 0) is 12.8 Å². The standard InChI is InChI=1S/C24H27Cl2N7O3S.ClH/c1-35-17-7-18(36-2)20(26)21(19(17)25)32-9-13-8-28-23(30-16-6-4-3-5-15(16)27)31-22(13)33(24(32)34)10-14-11-37-12-29-14;/h7-8,11-12,15-16H,3-6,9-10,27H2,1-2H3,(H,28,30,31);1H/t15-,16+;/m0./s1. The van der Waals surface area contributed by atoms with E-state index < -0.39 is 0 Å². The molecule has 2 amide bonds. The minimum Gasteiger partial charge on any atom is -0.495 e. The molecule has 2 atom stereocenters. The van der Waals surface area contributed by atoms with Gasteiger partial charge in [-0.3, -0.25) is 9.80 Å². The molecule has 0 saturated heterocycles. The number of aromatic nitrogens is 3. The topological polar surface area (TPSA) is 119 Å². The number of ether oxygens (including phenoxy) is 2. The van der Waals surface area contributed by atoms with Crippen LogP contribution < -0.4 is 30.3 Å². The fourth-order valence-corrected chi connectivity index (χ4v) is 5.95. The number of nitrogens with zero attached hydrogens (tertiary/aromatic N) is 5. The quantitative estimate of drug-likeness (QED) is 0.365. The van der Waals surface area contributed by atoms with Gasteiger partial charge in [0.05, 0.1) is 44.2 Å². The van der Waals surface area contributed by atoms with Gasteiger partial charge in [-0.25, -0.2) is 14.8 Å². The Morgan fingerprint density at radius 1 is 1.16 bits per heavy atom. The van der Waals surface area contributed by atoms with E-state index in [1.54, 1.807) is 22.7 Å². The molecule has 3 N–H and O–H groups in total. The molecule has 3 heterocycles. The predicted octanol–water partition coefficient (Wildman–Crippen LogP) is 5.51. The van der Waals surface area contributed by atoms with Crippen molar-refractivity contribution in [2.75, 3.05) is 29.3 Å². The number of nitrogens with two attached hydrogens (primary N) is 1. The first-order chi connectivity index (χ1) is 17.9. The highest BCUT2D eigenvalue weighted by atomic mass is 35.5. The first-order valence-electron chi connectivity index (χ1n) is 11.8. The number of halogens is 3. The monoisotopic (exact) mass is 599 g/mol. The minimum atomic E-state index is -0.362. The van der Waals surface area contributed by atoms with Gasteiger partial charge in [0.1, 0.15) is 27.4 Å². The van der Waals surface area contributed by atoms with E-state index in [4.69, 9.17) is 43.4 Å². The smallest absolute Gasteiger partial charge is 0.330 e. The lowest BCUT2D eigenvalue weighted by Gasteiger charge is -2.37. The minimum absolute atomic E-state index is 0. The molecular weight excluding hydrogens is 573 g/mol. The highest BCUT2D eigenvalue weighted by Gasteiger charge is 2.37. The zero-order valence-corrected chi connectivity index (χ0v) is 24.0. The Hall–Kier alpha value is -2.57. The lowest BCUT2D eigenvalue weighted by molar-refractivity contribution is 0.249. The van der Waals surface area contributed by atoms with Crippen LogP contribution in [0.25, 0.3) is 0 Å². The van der Waals surface area contributed by atoms with Crippen molar-refractivity contribution in [3.8, 4) is 11.5 Å². The Balaban J connectivity index is 0.00000336. The molecule has 10 nitrogen and oxygen atoms in total. The van der Waals surface area contributed by atoms with Crippen molar-refractivity contribution in [3.63, 3.8) is 0 Å². The van der Waals surface area contributed by atoms with E-state index in [1.165, 1.54) is 30.5 Å². The maximum absolute atomic E-state index is 14.0. The molecule has 1 aromatic carbocycles. The average Bonchev–Trinajstić information content (AvgIpc) is 3.41. The van der Waals surface area contributed by atoms with E-state index in [1.807, 2.05) is 5.38 Å². The number of anilines is 3. The Bertz CT molecular complexity index is 1270. The SMILES string of the molecule is COc1cc(OC)c(Cl)c(N2Cc3cnc(N[C@@H]4CCCC[C@@H]4N)nc3N(Cc3cscn3)C2=O)c1Cl.Cl. The van der Waals surface area contributed by atoms with Crippen LogP contribution in [0.5, 0.6) is 11.5 Å². The average molecular weight is 601 g/mol. The molecular formula is C24H28Cl3N7O3S. The van der Waals surface area contributed by atoms with Crippen molar-refractivity contribution < 1.29 is 14.3 Å². The molecule has 2 aromatic heterocycles. The summed E-state index contributed by atoms with van der Waals surface area (Å²) in [5.41, 5.74) is 9.78. The molecule has 2 aliphatic rings. The Morgan fingerprint density at radius 2 is 1.87 bits per heavy atom. The molecule has 1 aliphatic heterocycles. The molecule has 0 radical (unpaired) electrons. The van der Waals surface area contributed by atoms with Crippen LogP contribution >= 0.6 is 46.9 Å². The fraction of sp³-hybridized carbons (Fsp3) is 0.417. The van der Waals surface area contributed by atoms with Gasteiger partial charge >= 0.3 is 6.03 Å². The number of amides is 2. The number of urea groups is 1. The molecule has 0 spiro atoms. The summed E-state index contributed by atoms with van der Waals surface area (Å²) in [4.78, 5) is 30.7. The molecule has 14 heteroatoms. The molecule has 5 rings (SSSR count). The van der Waals surface area contributed by atoms with Crippen molar-refractivity contribution >= 4 is 70.4 Å². The van der Waals surface area contributed by atoms with Gasteiger partial charge in [0.15, 0.2) is 0 Å². The molecule has 3 aromatic rings. The molecule has 1 saturated carbocycles. The first-order valence-corrected chi connectivity index (χ1v) is 13.5. The highest BCUT2D eigenvalue weighted by Crippen LogP contribution is 2.48. The number of thiazole rings is 1. The summed E-state index contributed by atoms with van der Waals surface area (Å²) < 4.78 is 10.8. The Morgan fingerprint density at radius 3 is 2.50 bits per heavy atom. The number of fused-ring (bicyclic) bond motifs is 1. The van der Waals surface area contributed by atoms with E-state index in [2.05, 4.69) is 15.3 Å². The zero-order chi connectivity index (χ0) is 26.1. The van der Waals surface area contributed by atoms with Crippen molar-refractivity contribution in [1.29, 1.82) is 0 Å². The highest BCUT2D eigenvalue weighted by molar-refractivity contribution is 7.07. The lowest BCUT2D eigenvalue weighted by Crippen LogP contribution is -2.48. The number of rotatable bonds is 7. The third-order valence-corrected chi connectivity index (χ3v) is 8.01. The van der Waals surface area contributed by atoms with E-state index in [0.717, 1.165) is 36.9 Å². The van der Waals surface area contributed by atoms with Crippen molar-refractivity contribution in [3.05, 3.63) is 44.5 Å². The third kappa shape index (κ3) is 5.43. The van der Waals surface area contributed by atoms with Gasteiger partial charge in [-0.2, -0.15) is 4.98 Å². The van der Waals surface area contributed by atoms with E-state index in [9.17, 15) is 4.79 Å². The van der Waals surface area contributed by atoms with Crippen LogP contribution in [-0.2, 0) is 13.1 Å². The molecule has 0 bridgehead atoms. The van der Waals surface area contributed by atoms with Gasteiger partial charge < -0.3 is 20.5 Å². The Kier molecular flexibility index (Phi) is 9.04. The first kappa shape index (κ1) is 28.4. The summed E-state index contributed by atoms with van der Waals surface area (Å²) in [7, 11) is 2.97. The summed E-state index contributed by atoms with van der Waals surface area (Å²) in [5.74, 6) is 1.60. The van der Waals surface area contributed by atoms with Crippen LogP contribution in [0.3, 0.4) is 0 Å². The van der Waals surface area contributed by atoms with Crippen LogP contribution in [0.15, 0.2) is 23.2 Å². The molecule has 1 aliphatic carbocycles. The second-order valence-electron chi connectivity index (χ2n) is 8.93. The summed E-state index contributed by atoms with van der Waals surface area (Å²) >= 11 is 14.8. The van der Waals surface area contributed by atoms with E-state index in [0.29, 0.717) is 23.3 Å². The van der Waals surface area contributed by atoms with Gasteiger partial charge in [-0.1, -0.05) is 36.0 Å². The van der Waals surface area contributed by atoms with Gasteiger partial charge in [-0.15, -0.1) is 23.7 Å². The molecule has 0 unspecified atom stereocenters. The van der Waals surface area contributed by atoms with Crippen molar-refractivity contribution in [2.45, 2.75) is 50.9 Å². The molecule has 204 valence electrons. The van der Waals surface area contributed by atoms with Gasteiger partial charge in [0, 0.05) is 35.3 Å². The molecule has 38 heavy (non-hydrogen) atoms. The number of nitrogens with one attached hydrogen (secondary N) is 1. The Labute approximate surface area is 240 Å². The summed E-state index contributed by atoms with van der Waals surface area (Å²) in [6.07, 6.45) is 5.84. The van der Waals surface area contributed by atoms with Crippen molar-refractivity contribution in [2.24, 2.45) is 5.73 Å². The van der Waals surface area contributed by atoms with Crippen LogP contribution in [0, 0.1) is 0 Å². The number of hydrogen-bond acceptors (Lipinski definition) is 9. The number of methoxy groups -OCH3 is 2. The number of carbonyl (C=O) groups excluding carboxylic acids is 1. The third-order valence-electron chi connectivity index (χ3n) is 6.65. The van der Waals surface area contributed by atoms with E-state index in [-0.39, 0.29) is 59.3 Å². The predicted molar refractivity (Wildman–Crippen MR) is 153 cm³/mol. The summed E-state index contributed by atoms with van der Waals surface area (Å²) in [5, 5.41) is 5.67. The normalized spacial score (nSPS) is 19.0. The van der Waals surface area contributed by atoms with Gasteiger partial charge in [0.25, 0.3) is 0 Å². The number of benzene rings is 1. The second-order valence-corrected chi connectivity index (χ2v) is 10.4. The fourth-order valence-electron chi connectivity index (χ4n) is 4.70. The zero-order valence-electron chi connectivity index (χ0n) is 20.8. The van der Waals surface area contributed by atoms with Crippen LogP contribution in [0.4, 0.5) is 22.2 Å². The number of carbonyl (C=O) groups is 1. The summed E-state index contributed by atoms with van der Waals surface area (Å²) in [6, 6.07) is 1.33. The van der Waals surface area contributed by atoms with Crippen LogP contribution in [-0.4, -0.2) is 47.3 Å². The maximum atomic E-state index is 14.0. The lowest BCUT2D eigenvalue weighted by atomic mass is 9.91. The van der Waals surface area contributed by atoms with Gasteiger partial charge in [0.2, 0.25) is 5.95 Å². The van der Waals surface area contributed by atoms with E-state index >= 15 is 0 Å². The van der Waals surface area contributed by atoms with Crippen LogP contribution in [0.2, 0.25) is 10.0 Å². The molecule has 1 fully saturated rings. The second kappa shape index (κ2) is 12.1. The van der Waals surface area contributed by atoms with Crippen LogP contribution in [0.1, 0.15) is 36.9 Å². The maximum Gasteiger partial charge on any atom is 0.330 e. The summed E-state index contributed by atoms with van der Waals surface area (Å²) in [6.45, 7) is 0.363. The number of hydrogen-bond donors (Lipinski definition) is 2. The largest absolute Gasteiger partial charge is 0.495 e. The van der Waals surface area contributed by atoms with Crippen molar-refractivity contribution in [1.82, 2.24) is 15.0 Å².